The molecule has 0 fully saturated rings. The molecule has 1 aromatic heterocycles. The zero-order chi connectivity index (χ0) is 15.8. The van der Waals surface area contributed by atoms with E-state index in [1.807, 2.05) is 0 Å². The van der Waals surface area contributed by atoms with Crippen LogP contribution < -0.4 is 4.72 Å². The van der Waals surface area contributed by atoms with E-state index < -0.39 is 16.0 Å². The molecular formula is C13H13NO5S2. The molecule has 21 heavy (non-hydrogen) atoms. The number of benzene rings is 1. The Labute approximate surface area is 125 Å². The normalized spacial score (nSPS) is 11.3. The Bertz CT molecular complexity index is 808. The molecule has 1 heterocycles. The van der Waals surface area contributed by atoms with Gasteiger partial charge < -0.3 is 10.2 Å². The fraction of sp³-hybridized carbons (Fsp3) is 0.154. The van der Waals surface area contributed by atoms with E-state index in [2.05, 4.69) is 4.72 Å². The summed E-state index contributed by atoms with van der Waals surface area (Å²) >= 11 is 0.823. The first-order valence-electron chi connectivity index (χ1n) is 5.86. The van der Waals surface area contributed by atoms with Crippen LogP contribution in [0.15, 0.2) is 27.8 Å². The maximum Gasteiger partial charge on any atom is 0.336 e. The lowest BCUT2D eigenvalue weighted by Gasteiger charge is -2.11. The van der Waals surface area contributed by atoms with Gasteiger partial charge in [-0.2, -0.15) is 0 Å². The average molecular weight is 327 g/mol. The molecule has 0 radical (unpaired) electrons. The summed E-state index contributed by atoms with van der Waals surface area (Å²) in [6, 6.07) is 4.24. The highest BCUT2D eigenvalue weighted by atomic mass is 32.2. The number of hydrogen-bond donors (Lipinski definition) is 3. The van der Waals surface area contributed by atoms with Crippen molar-refractivity contribution in [2.75, 3.05) is 4.72 Å². The van der Waals surface area contributed by atoms with E-state index >= 15 is 0 Å². The van der Waals surface area contributed by atoms with Gasteiger partial charge in [-0.05, 0) is 31.5 Å². The lowest BCUT2D eigenvalue weighted by atomic mass is 10.1. The number of carboxylic acids is 1. The first-order valence-corrected chi connectivity index (χ1v) is 8.22. The van der Waals surface area contributed by atoms with Crippen LogP contribution in [0.4, 0.5) is 5.69 Å². The van der Waals surface area contributed by atoms with E-state index in [0.717, 1.165) is 17.4 Å². The number of nitrogens with one attached hydrogen (secondary N) is 1. The summed E-state index contributed by atoms with van der Waals surface area (Å²) in [5, 5.41) is 19.9. The van der Waals surface area contributed by atoms with Gasteiger partial charge in [-0.15, -0.1) is 11.3 Å². The topological polar surface area (TPSA) is 104 Å². The molecule has 0 aliphatic carbocycles. The molecule has 112 valence electrons. The van der Waals surface area contributed by atoms with Crippen LogP contribution in [0.25, 0.3) is 0 Å². The van der Waals surface area contributed by atoms with Crippen LogP contribution in [0.5, 0.6) is 5.75 Å². The van der Waals surface area contributed by atoms with Gasteiger partial charge in [0.1, 0.15) is 9.96 Å². The molecule has 0 saturated heterocycles. The van der Waals surface area contributed by atoms with Gasteiger partial charge in [-0.25, -0.2) is 13.2 Å². The van der Waals surface area contributed by atoms with Crippen LogP contribution in [0, 0.1) is 13.8 Å². The molecule has 0 spiro atoms. The molecule has 0 unspecified atom stereocenters. The molecule has 2 rings (SSSR count). The molecule has 2 aromatic rings. The average Bonchev–Trinajstić information content (AvgIpc) is 2.90. The standard InChI is InChI=1S/C13H13NO5S2/c1-7-3-4-10(8(2)12(7)15)14-21(18,19)11-5-9(6-20-11)13(16)17/h3-6,14-15H,1-2H3,(H,16,17). The molecule has 0 saturated carbocycles. The third-order valence-corrected chi connectivity index (χ3v) is 5.77. The van der Waals surface area contributed by atoms with Crippen LogP contribution in [0.2, 0.25) is 0 Å². The highest BCUT2D eigenvalue weighted by molar-refractivity contribution is 7.94. The summed E-state index contributed by atoms with van der Waals surface area (Å²) in [5.41, 5.74) is 1.22. The van der Waals surface area contributed by atoms with E-state index in [4.69, 9.17) is 5.11 Å². The quantitative estimate of drug-likeness (QED) is 0.800. The smallest absolute Gasteiger partial charge is 0.336 e. The number of aryl methyl sites for hydroxylation is 1. The minimum Gasteiger partial charge on any atom is -0.507 e. The van der Waals surface area contributed by atoms with Crippen molar-refractivity contribution in [2.45, 2.75) is 18.1 Å². The van der Waals surface area contributed by atoms with Gasteiger partial charge in [0.15, 0.2) is 0 Å². The minimum absolute atomic E-state index is 0.0209. The van der Waals surface area contributed by atoms with Crippen LogP contribution in [0.1, 0.15) is 21.5 Å². The van der Waals surface area contributed by atoms with E-state index in [0.29, 0.717) is 11.1 Å². The van der Waals surface area contributed by atoms with Gasteiger partial charge >= 0.3 is 5.97 Å². The summed E-state index contributed by atoms with van der Waals surface area (Å²) in [6.45, 7) is 3.30. The number of hydrogen-bond acceptors (Lipinski definition) is 5. The van der Waals surface area contributed by atoms with Gasteiger partial charge in [0.05, 0.1) is 11.3 Å². The largest absolute Gasteiger partial charge is 0.507 e. The number of sulfonamides is 1. The van der Waals surface area contributed by atoms with Gasteiger partial charge in [0, 0.05) is 10.9 Å². The number of phenolic OH excluding ortho intramolecular Hbond substituents is 1. The predicted octanol–water partition coefficient (Wildman–Crippen LogP) is 2.57. The SMILES string of the molecule is Cc1ccc(NS(=O)(=O)c2cc(C(=O)O)cs2)c(C)c1O. The zero-order valence-corrected chi connectivity index (χ0v) is 12.9. The van der Waals surface area contributed by atoms with Crippen molar-refractivity contribution in [2.24, 2.45) is 0 Å². The zero-order valence-electron chi connectivity index (χ0n) is 11.2. The number of carbonyl (C=O) groups is 1. The second kappa shape index (κ2) is 5.38. The van der Waals surface area contributed by atoms with Crippen molar-refractivity contribution in [1.29, 1.82) is 0 Å². The van der Waals surface area contributed by atoms with Crippen molar-refractivity contribution in [1.82, 2.24) is 0 Å². The van der Waals surface area contributed by atoms with Gasteiger partial charge in [0.25, 0.3) is 10.0 Å². The summed E-state index contributed by atoms with van der Waals surface area (Å²) in [4.78, 5) is 10.8. The van der Waals surface area contributed by atoms with Crippen molar-refractivity contribution < 1.29 is 23.4 Å². The van der Waals surface area contributed by atoms with Gasteiger partial charge in [-0.3, -0.25) is 4.72 Å². The number of rotatable bonds is 4. The Morgan fingerprint density at radius 1 is 1.29 bits per heavy atom. The fourth-order valence-electron chi connectivity index (χ4n) is 1.71. The molecule has 8 heteroatoms. The Morgan fingerprint density at radius 3 is 2.52 bits per heavy atom. The van der Waals surface area contributed by atoms with Crippen LogP contribution in [-0.2, 0) is 10.0 Å². The Balaban J connectivity index is 2.37. The van der Waals surface area contributed by atoms with Crippen LogP contribution in [-0.4, -0.2) is 24.6 Å². The third-order valence-electron chi connectivity index (χ3n) is 2.96. The lowest BCUT2D eigenvalue weighted by molar-refractivity contribution is 0.0697. The fourth-order valence-corrected chi connectivity index (χ4v) is 3.99. The van der Waals surface area contributed by atoms with Crippen molar-refractivity contribution in [3.8, 4) is 5.75 Å². The van der Waals surface area contributed by atoms with Crippen molar-refractivity contribution in [3.05, 3.63) is 40.3 Å². The van der Waals surface area contributed by atoms with E-state index in [1.54, 1.807) is 26.0 Å². The molecule has 0 atom stereocenters. The number of carboxylic acid groups (broad SMARTS) is 1. The maximum atomic E-state index is 12.2. The van der Waals surface area contributed by atoms with E-state index in [-0.39, 0.29) is 21.2 Å². The third kappa shape index (κ3) is 3.01. The molecule has 0 bridgehead atoms. The number of anilines is 1. The molecule has 0 amide bonds. The molecule has 1 aromatic carbocycles. The summed E-state index contributed by atoms with van der Waals surface area (Å²) < 4.78 is 26.7. The second-order valence-corrected chi connectivity index (χ2v) is 7.29. The number of aromatic hydroxyl groups is 1. The Kier molecular flexibility index (Phi) is 3.93. The predicted molar refractivity (Wildman–Crippen MR) is 79.7 cm³/mol. The first-order chi connectivity index (χ1) is 9.72. The lowest BCUT2D eigenvalue weighted by Crippen LogP contribution is -2.12. The second-order valence-electron chi connectivity index (χ2n) is 4.47. The van der Waals surface area contributed by atoms with Crippen LogP contribution >= 0.6 is 11.3 Å². The van der Waals surface area contributed by atoms with Gasteiger partial charge in [-0.1, -0.05) is 6.07 Å². The molecule has 6 nitrogen and oxygen atoms in total. The maximum absolute atomic E-state index is 12.2. The Morgan fingerprint density at radius 2 is 1.95 bits per heavy atom. The number of phenols is 1. The van der Waals surface area contributed by atoms with E-state index in [1.165, 1.54) is 5.38 Å². The highest BCUT2D eigenvalue weighted by Gasteiger charge is 2.20. The number of aromatic carboxylic acids is 1. The van der Waals surface area contributed by atoms with Crippen molar-refractivity contribution >= 4 is 33.0 Å². The summed E-state index contributed by atoms with van der Waals surface area (Å²) in [5.74, 6) is -1.16. The van der Waals surface area contributed by atoms with Crippen molar-refractivity contribution in [3.63, 3.8) is 0 Å². The monoisotopic (exact) mass is 327 g/mol. The van der Waals surface area contributed by atoms with Crippen LogP contribution in [0.3, 0.4) is 0 Å². The highest BCUT2D eigenvalue weighted by Crippen LogP contribution is 2.30. The Hall–Kier alpha value is -2.06. The van der Waals surface area contributed by atoms with Gasteiger partial charge in [0.2, 0.25) is 0 Å². The summed E-state index contributed by atoms with van der Waals surface area (Å²) in [7, 11) is -3.88. The number of thiophene rings is 1. The first kappa shape index (κ1) is 15.3. The molecular weight excluding hydrogens is 314 g/mol. The molecule has 0 aliphatic heterocycles. The van der Waals surface area contributed by atoms with E-state index in [9.17, 15) is 18.3 Å². The minimum atomic E-state index is -3.88. The molecule has 3 N–H and O–H groups in total. The molecule has 0 aliphatic rings. The summed E-state index contributed by atoms with van der Waals surface area (Å²) in [6.07, 6.45) is 0.